The van der Waals surface area contributed by atoms with Crippen LogP contribution in [0.1, 0.15) is 39.2 Å². The normalized spacial score (nSPS) is 12.8. The number of nitrogens with one attached hydrogen (secondary N) is 1. The lowest BCUT2D eigenvalue weighted by Crippen LogP contribution is -2.53. The summed E-state index contributed by atoms with van der Waals surface area (Å²) in [5.74, 6) is -0.947. The van der Waals surface area contributed by atoms with Gasteiger partial charge >= 0.3 is 0 Å². The number of halogens is 3. The molecular weight excluding hydrogens is 593 g/mol. The molecule has 3 rings (SSSR count). The number of benzene rings is 3. The third kappa shape index (κ3) is 7.69. The first kappa shape index (κ1) is 31.7. The fourth-order valence-corrected chi connectivity index (χ4v) is 6.16. The SMILES string of the molecule is CC[C@H](C(=O)N[C@@H](C)CC)N(Cc1ccccc1Cl)C(=O)CN(c1cc(Cl)ccc1Cl)S(=O)(=O)c1ccccc1. The molecule has 0 unspecified atom stereocenters. The lowest BCUT2D eigenvalue weighted by Gasteiger charge is -2.34. The molecule has 0 heterocycles. The van der Waals surface area contributed by atoms with Gasteiger partial charge in [-0.3, -0.25) is 13.9 Å². The van der Waals surface area contributed by atoms with Crippen LogP contribution in [0, 0.1) is 0 Å². The maximum atomic E-state index is 14.1. The third-order valence-corrected chi connectivity index (χ3v) is 9.17. The number of hydrogen-bond acceptors (Lipinski definition) is 4. The van der Waals surface area contributed by atoms with Crippen LogP contribution in [0.3, 0.4) is 0 Å². The van der Waals surface area contributed by atoms with Gasteiger partial charge in [0.1, 0.15) is 12.6 Å². The number of anilines is 1. The van der Waals surface area contributed by atoms with Crippen molar-refractivity contribution in [2.24, 2.45) is 0 Å². The average Bonchev–Trinajstić information content (AvgIpc) is 2.94. The van der Waals surface area contributed by atoms with Crippen molar-refractivity contribution in [3.05, 3.63) is 93.4 Å². The van der Waals surface area contributed by atoms with Gasteiger partial charge in [-0.1, -0.05) is 85.0 Å². The summed E-state index contributed by atoms with van der Waals surface area (Å²) in [6, 6.07) is 18.1. The third-order valence-electron chi connectivity index (χ3n) is 6.47. The average molecular weight is 625 g/mol. The highest BCUT2D eigenvalue weighted by Crippen LogP contribution is 2.33. The number of carbonyl (C=O) groups excluding carboxylic acids is 2. The van der Waals surface area contributed by atoms with Crippen molar-refractivity contribution < 1.29 is 18.0 Å². The van der Waals surface area contributed by atoms with Crippen molar-refractivity contribution in [1.29, 1.82) is 0 Å². The number of sulfonamides is 1. The van der Waals surface area contributed by atoms with Crippen molar-refractivity contribution in [1.82, 2.24) is 10.2 Å². The molecule has 0 aliphatic heterocycles. The molecule has 2 atom stereocenters. The molecule has 11 heteroatoms. The van der Waals surface area contributed by atoms with Gasteiger partial charge in [0, 0.05) is 22.6 Å². The Kier molecular flexibility index (Phi) is 11.3. The van der Waals surface area contributed by atoms with Crippen LogP contribution in [0.25, 0.3) is 0 Å². The van der Waals surface area contributed by atoms with E-state index in [1.165, 1.54) is 35.2 Å². The summed E-state index contributed by atoms with van der Waals surface area (Å²) in [6.45, 7) is 4.97. The highest BCUT2D eigenvalue weighted by Gasteiger charge is 2.35. The van der Waals surface area contributed by atoms with E-state index in [9.17, 15) is 18.0 Å². The second kappa shape index (κ2) is 14.2. The minimum absolute atomic E-state index is 0.00651. The van der Waals surface area contributed by atoms with Gasteiger partial charge < -0.3 is 10.2 Å². The summed E-state index contributed by atoms with van der Waals surface area (Å²) in [6.07, 6.45) is 0.999. The predicted octanol–water partition coefficient (Wildman–Crippen LogP) is 6.56. The highest BCUT2D eigenvalue weighted by molar-refractivity contribution is 7.92. The molecule has 0 radical (unpaired) electrons. The van der Waals surface area contributed by atoms with Gasteiger partial charge in [0.15, 0.2) is 0 Å². The summed E-state index contributed by atoms with van der Waals surface area (Å²) in [5, 5.41) is 3.69. The van der Waals surface area contributed by atoms with E-state index >= 15 is 0 Å². The van der Waals surface area contributed by atoms with Crippen molar-refractivity contribution in [2.45, 2.75) is 57.1 Å². The topological polar surface area (TPSA) is 86.8 Å². The van der Waals surface area contributed by atoms with Crippen LogP contribution in [0.2, 0.25) is 15.1 Å². The molecule has 1 N–H and O–H groups in total. The van der Waals surface area contributed by atoms with Crippen molar-refractivity contribution in [3.8, 4) is 0 Å². The van der Waals surface area contributed by atoms with E-state index in [0.29, 0.717) is 23.4 Å². The molecule has 3 aromatic rings. The van der Waals surface area contributed by atoms with Gasteiger partial charge in [-0.05, 0) is 61.7 Å². The molecular formula is C29H32Cl3N3O4S. The van der Waals surface area contributed by atoms with Crippen LogP contribution in [0.4, 0.5) is 5.69 Å². The van der Waals surface area contributed by atoms with Crippen LogP contribution in [-0.4, -0.2) is 43.8 Å². The van der Waals surface area contributed by atoms with Crippen LogP contribution in [-0.2, 0) is 26.2 Å². The molecule has 7 nitrogen and oxygen atoms in total. The van der Waals surface area contributed by atoms with E-state index in [1.54, 1.807) is 49.4 Å². The quantitative estimate of drug-likeness (QED) is 0.247. The Balaban J connectivity index is 2.10. The Morgan fingerprint density at radius 3 is 2.15 bits per heavy atom. The number of hydrogen-bond donors (Lipinski definition) is 1. The van der Waals surface area contributed by atoms with Crippen molar-refractivity contribution in [3.63, 3.8) is 0 Å². The smallest absolute Gasteiger partial charge is 0.264 e. The van der Waals surface area contributed by atoms with Crippen LogP contribution >= 0.6 is 34.8 Å². The van der Waals surface area contributed by atoms with Crippen molar-refractivity contribution >= 4 is 62.3 Å². The summed E-state index contributed by atoms with van der Waals surface area (Å²) in [7, 11) is -4.26. The second-order valence-corrected chi connectivity index (χ2v) is 12.4. The largest absolute Gasteiger partial charge is 0.352 e. The van der Waals surface area contributed by atoms with Gasteiger partial charge in [0.05, 0.1) is 15.6 Å². The zero-order chi connectivity index (χ0) is 29.4. The maximum absolute atomic E-state index is 14.1. The van der Waals surface area contributed by atoms with E-state index in [1.807, 2.05) is 13.8 Å². The molecule has 0 saturated carbocycles. The van der Waals surface area contributed by atoms with Gasteiger partial charge in [-0.25, -0.2) is 8.42 Å². The Morgan fingerprint density at radius 1 is 0.875 bits per heavy atom. The van der Waals surface area contributed by atoms with Gasteiger partial charge in [0.2, 0.25) is 11.8 Å². The Hall–Kier alpha value is -2.78. The van der Waals surface area contributed by atoms with E-state index in [2.05, 4.69) is 5.32 Å². The zero-order valence-corrected chi connectivity index (χ0v) is 25.6. The van der Waals surface area contributed by atoms with Gasteiger partial charge in [-0.2, -0.15) is 0 Å². The first-order chi connectivity index (χ1) is 19.0. The maximum Gasteiger partial charge on any atom is 0.264 e. The van der Waals surface area contributed by atoms with E-state index < -0.39 is 28.5 Å². The summed E-state index contributed by atoms with van der Waals surface area (Å²) in [4.78, 5) is 28.8. The minimum Gasteiger partial charge on any atom is -0.352 e. The Morgan fingerprint density at radius 2 is 1.52 bits per heavy atom. The Bertz CT molecular complexity index is 1440. The molecule has 0 aliphatic rings. The standard InChI is InChI=1S/C29H32Cl3N3O4S/c1-4-20(3)33-29(37)26(5-2)34(18-21-11-9-10-14-24(21)31)28(36)19-35(27-17-22(30)15-16-25(27)32)40(38,39)23-12-7-6-8-13-23/h6-17,20,26H,4-5,18-19H2,1-3H3,(H,33,37)/t20-,26+/m0/s1. The van der Waals surface area contributed by atoms with Gasteiger partial charge in [0.25, 0.3) is 10.0 Å². The monoisotopic (exact) mass is 623 g/mol. The molecule has 0 bridgehead atoms. The van der Waals surface area contributed by atoms with E-state index in [0.717, 1.165) is 4.31 Å². The number of carbonyl (C=O) groups is 2. The first-order valence-corrected chi connectivity index (χ1v) is 15.4. The minimum atomic E-state index is -4.26. The molecule has 0 spiro atoms. The second-order valence-electron chi connectivity index (χ2n) is 9.28. The summed E-state index contributed by atoms with van der Waals surface area (Å²) in [5.41, 5.74) is 0.659. The first-order valence-electron chi connectivity index (χ1n) is 12.9. The van der Waals surface area contributed by atoms with Gasteiger partial charge in [-0.15, -0.1) is 0 Å². The molecule has 0 saturated heterocycles. The molecule has 0 aromatic heterocycles. The summed E-state index contributed by atoms with van der Waals surface area (Å²) < 4.78 is 28.7. The van der Waals surface area contributed by atoms with Crippen LogP contribution < -0.4 is 9.62 Å². The fraction of sp³-hybridized carbons (Fsp3) is 0.310. The molecule has 0 fully saturated rings. The van der Waals surface area contributed by atoms with E-state index in [4.69, 9.17) is 34.8 Å². The molecule has 214 valence electrons. The molecule has 3 aromatic carbocycles. The molecule has 2 amide bonds. The summed E-state index contributed by atoms with van der Waals surface area (Å²) >= 11 is 19.1. The number of rotatable bonds is 12. The van der Waals surface area contributed by atoms with Crippen molar-refractivity contribution in [2.75, 3.05) is 10.8 Å². The lowest BCUT2D eigenvalue weighted by molar-refractivity contribution is -0.140. The molecule has 0 aliphatic carbocycles. The zero-order valence-electron chi connectivity index (χ0n) is 22.5. The van der Waals surface area contributed by atoms with Crippen LogP contribution in [0.15, 0.2) is 77.7 Å². The van der Waals surface area contributed by atoms with E-state index in [-0.39, 0.29) is 39.1 Å². The van der Waals surface area contributed by atoms with Crippen LogP contribution in [0.5, 0.6) is 0 Å². The Labute approximate surface area is 251 Å². The lowest BCUT2D eigenvalue weighted by atomic mass is 10.1. The highest BCUT2D eigenvalue weighted by atomic mass is 35.5. The number of nitrogens with zero attached hydrogens (tertiary/aromatic N) is 2. The fourth-order valence-electron chi connectivity index (χ4n) is 4.08. The predicted molar refractivity (Wildman–Crippen MR) is 161 cm³/mol. The molecule has 40 heavy (non-hydrogen) atoms. The number of amides is 2.